The highest BCUT2D eigenvalue weighted by Crippen LogP contribution is 2.26. The van der Waals surface area contributed by atoms with Crippen LogP contribution in [0.2, 0.25) is 0 Å². The summed E-state index contributed by atoms with van der Waals surface area (Å²) in [6, 6.07) is 11.5. The monoisotopic (exact) mass is 398 g/mol. The Labute approximate surface area is 170 Å². The molecule has 1 aromatic carbocycles. The van der Waals surface area contributed by atoms with Crippen LogP contribution in [0.5, 0.6) is 11.6 Å². The Morgan fingerprint density at radius 3 is 2.45 bits per heavy atom. The number of pyridine rings is 1. The van der Waals surface area contributed by atoms with Crippen LogP contribution in [-0.2, 0) is 16.1 Å². The minimum atomic E-state index is -0.0299. The molecule has 1 atom stereocenters. The lowest BCUT2D eigenvalue weighted by Crippen LogP contribution is -2.17. The largest absolute Gasteiger partial charge is 0.488 e. The summed E-state index contributed by atoms with van der Waals surface area (Å²) in [5.74, 6) is 2.71. The van der Waals surface area contributed by atoms with Crippen LogP contribution < -0.4 is 9.47 Å². The third-order valence-corrected chi connectivity index (χ3v) is 4.20. The van der Waals surface area contributed by atoms with Gasteiger partial charge in [-0.15, -0.1) is 10.2 Å². The van der Waals surface area contributed by atoms with Crippen LogP contribution in [0.3, 0.4) is 0 Å². The number of ether oxygens (including phenoxy) is 4. The number of hydrogen-bond acceptors (Lipinski definition) is 7. The summed E-state index contributed by atoms with van der Waals surface area (Å²) >= 11 is 0. The topological polar surface area (TPSA) is 80.5 Å². The van der Waals surface area contributed by atoms with Gasteiger partial charge in [-0.05, 0) is 44.2 Å². The molecule has 0 unspecified atom stereocenters. The molecule has 0 saturated heterocycles. The first-order valence-corrected chi connectivity index (χ1v) is 9.44. The van der Waals surface area contributed by atoms with Crippen molar-refractivity contribution in [2.45, 2.75) is 26.6 Å². The Bertz CT molecular complexity index is 894. The zero-order valence-electron chi connectivity index (χ0n) is 17.2. The van der Waals surface area contributed by atoms with E-state index in [0.717, 1.165) is 17.0 Å². The zero-order chi connectivity index (χ0) is 20.6. The Balaban J connectivity index is 1.92. The van der Waals surface area contributed by atoms with Crippen molar-refractivity contribution in [1.29, 1.82) is 0 Å². The van der Waals surface area contributed by atoms with Crippen molar-refractivity contribution in [3.05, 3.63) is 48.4 Å². The number of methoxy groups -OCH3 is 2. The number of rotatable bonds is 10. The molecule has 0 spiro atoms. The second-order valence-corrected chi connectivity index (χ2v) is 6.38. The van der Waals surface area contributed by atoms with Crippen molar-refractivity contribution in [3.63, 3.8) is 0 Å². The summed E-state index contributed by atoms with van der Waals surface area (Å²) in [6.45, 7) is 5.38. The van der Waals surface area contributed by atoms with Gasteiger partial charge in [0.05, 0.1) is 25.6 Å². The first-order chi connectivity index (χ1) is 14.2. The summed E-state index contributed by atoms with van der Waals surface area (Å²) < 4.78 is 23.6. The van der Waals surface area contributed by atoms with Gasteiger partial charge >= 0.3 is 0 Å². The Morgan fingerprint density at radius 1 is 1.03 bits per heavy atom. The third kappa shape index (κ3) is 5.10. The molecular weight excluding hydrogens is 372 g/mol. The Hall–Kier alpha value is -2.97. The van der Waals surface area contributed by atoms with Crippen molar-refractivity contribution >= 4 is 0 Å². The molecule has 0 N–H and O–H groups in total. The predicted octanol–water partition coefficient (Wildman–Crippen LogP) is 3.29. The molecular formula is C21H26N4O4. The summed E-state index contributed by atoms with van der Waals surface area (Å²) in [6.07, 6.45) is 1.70. The molecule has 0 bridgehead atoms. The van der Waals surface area contributed by atoms with Crippen LogP contribution in [0, 0.1) is 0 Å². The molecule has 3 aromatic rings. The molecule has 8 nitrogen and oxygen atoms in total. The predicted molar refractivity (Wildman–Crippen MR) is 108 cm³/mol. The molecule has 0 aliphatic carbocycles. The van der Waals surface area contributed by atoms with Gasteiger partial charge in [-0.2, -0.15) is 0 Å². The van der Waals surface area contributed by atoms with Crippen LogP contribution in [0.1, 0.15) is 19.7 Å². The van der Waals surface area contributed by atoms with E-state index in [1.807, 2.05) is 48.7 Å². The molecule has 29 heavy (non-hydrogen) atoms. The van der Waals surface area contributed by atoms with Gasteiger partial charge < -0.3 is 18.9 Å². The summed E-state index contributed by atoms with van der Waals surface area (Å²) in [7, 11) is 3.24. The average Bonchev–Trinajstić information content (AvgIpc) is 3.17. The van der Waals surface area contributed by atoms with Gasteiger partial charge in [0.1, 0.15) is 18.5 Å². The minimum absolute atomic E-state index is 0.0299. The van der Waals surface area contributed by atoms with Crippen molar-refractivity contribution in [3.8, 4) is 28.7 Å². The van der Waals surface area contributed by atoms with Gasteiger partial charge in [0, 0.05) is 25.3 Å². The highest BCUT2D eigenvalue weighted by molar-refractivity contribution is 5.59. The fraction of sp³-hybridized carbons (Fsp3) is 0.381. The number of hydrogen-bond donors (Lipinski definition) is 0. The quantitative estimate of drug-likeness (QED) is 0.518. The van der Waals surface area contributed by atoms with Crippen LogP contribution in [-0.4, -0.2) is 53.3 Å². The first-order valence-electron chi connectivity index (χ1n) is 9.44. The number of benzene rings is 1. The van der Waals surface area contributed by atoms with Crippen LogP contribution in [0.4, 0.5) is 0 Å². The molecule has 2 heterocycles. The van der Waals surface area contributed by atoms with E-state index in [-0.39, 0.29) is 6.10 Å². The fourth-order valence-electron chi connectivity index (χ4n) is 2.87. The van der Waals surface area contributed by atoms with E-state index in [4.69, 9.17) is 18.9 Å². The molecule has 0 saturated carbocycles. The van der Waals surface area contributed by atoms with Crippen molar-refractivity contribution in [1.82, 2.24) is 19.7 Å². The maximum absolute atomic E-state index is 5.83. The molecule has 2 aromatic heterocycles. The first kappa shape index (κ1) is 20.8. The van der Waals surface area contributed by atoms with Gasteiger partial charge in [0.2, 0.25) is 5.88 Å². The molecule has 0 aliphatic rings. The highest BCUT2D eigenvalue weighted by Gasteiger charge is 2.16. The van der Waals surface area contributed by atoms with E-state index in [1.165, 1.54) is 0 Å². The summed E-state index contributed by atoms with van der Waals surface area (Å²) in [5, 5.41) is 8.72. The lowest BCUT2D eigenvalue weighted by atomic mass is 10.2. The van der Waals surface area contributed by atoms with E-state index in [9.17, 15) is 0 Å². The summed E-state index contributed by atoms with van der Waals surface area (Å²) in [4.78, 5) is 4.30. The molecule has 154 valence electrons. The number of nitrogens with zero attached hydrogens (tertiary/aromatic N) is 4. The molecule has 3 rings (SSSR count). The Kier molecular flexibility index (Phi) is 7.15. The van der Waals surface area contributed by atoms with Crippen molar-refractivity contribution in [2.75, 3.05) is 27.4 Å². The molecule has 0 amide bonds. The molecule has 0 fully saturated rings. The maximum atomic E-state index is 5.83. The van der Waals surface area contributed by atoms with Crippen LogP contribution >= 0.6 is 0 Å². The van der Waals surface area contributed by atoms with E-state index < -0.39 is 0 Å². The fourth-order valence-corrected chi connectivity index (χ4v) is 2.87. The second kappa shape index (κ2) is 9.99. The van der Waals surface area contributed by atoms with Gasteiger partial charge in [0.15, 0.2) is 11.6 Å². The van der Waals surface area contributed by atoms with E-state index in [0.29, 0.717) is 37.3 Å². The normalized spacial score (nSPS) is 12.0. The highest BCUT2D eigenvalue weighted by atomic mass is 16.5. The molecule has 0 radical (unpaired) electrons. The average molecular weight is 398 g/mol. The number of aromatic nitrogens is 4. The van der Waals surface area contributed by atoms with E-state index >= 15 is 0 Å². The third-order valence-electron chi connectivity index (χ3n) is 4.20. The van der Waals surface area contributed by atoms with Gasteiger partial charge in [-0.1, -0.05) is 0 Å². The molecule has 0 aliphatic heterocycles. The minimum Gasteiger partial charge on any atom is -0.488 e. The maximum Gasteiger partial charge on any atom is 0.213 e. The van der Waals surface area contributed by atoms with Crippen molar-refractivity contribution in [2.24, 2.45) is 0 Å². The van der Waals surface area contributed by atoms with E-state index in [1.54, 1.807) is 26.5 Å². The standard InChI is InChI=1S/C21H26N4O4/c1-5-28-14-19-23-24-21(25(19)17-8-11-20(27-4)22-12-17)16-6-9-18(10-7-16)29-15(2)13-26-3/h6-12,15H,5,13-14H2,1-4H3/t15-/m1/s1. The van der Waals surface area contributed by atoms with Crippen molar-refractivity contribution < 1.29 is 18.9 Å². The van der Waals surface area contributed by atoms with Gasteiger partial charge in [-0.25, -0.2) is 4.98 Å². The Morgan fingerprint density at radius 2 is 1.83 bits per heavy atom. The summed E-state index contributed by atoms with van der Waals surface area (Å²) in [5.41, 5.74) is 1.73. The van der Waals surface area contributed by atoms with E-state index in [2.05, 4.69) is 15.2 Å². The van der Waals surface area contributed by atoms with Gasteiger partial charge in [0.25, 0.3) is 0 Å². The van der Waals surface area contributed by atoms with Crippen LogP contribution in [0.25, 0.3) is 17.1 Å². The zero-order valence-corrected chi connectivity index (χ0v) is 17.2. The van der Waals surface area contributed by atoms with Gasteiger partial charge in [-0.3, -0.25) is 4.57 Å². The smallest absolute Gasteiger partial charge is 0.213 e. The lowest BCUT2D eigenvalue weighted by molar-refractivity contribution is 0.0921. The second-order valence-electron chi connectivity index (χ2n) is 6.38. The molecule has 8 heteroatoms. The SMILES string of the molecule is CCOCc1nnc(-c2ccc(O[C@H](C)COC)cc2)n1-c1ccc(OC)nc1. The van der Waals surface area contributed by atoms with Crippen LogP contribution in [0.15, 0.2) is 42.6 Å². The lowest BCUT2D eigenvalue weighted by Gasteiger charge is -2.14.